The van der Waals surface area contributed by atoms with E-state index in [4.69, 9.17) is 17.0 Å². The number of rotatable bonds is 9. The molecule has 4 aromatic rings. The van der Waals surface area contributed by atoms with Crippen LogP contribution in [0.25, 0.3) is 17.1 Å². The molecule has 0 bridgehead atoms. The van der Waals surface area contributed by atoms with E-state index in [-0.39, 0.29) is 28.6 Å². The number of nitrogens with one attached hydrogen (secondary N) is 2. The monoisotopic (exact) mass is 641 g/mol. The number of carbonyl (C=O) groups is 1. The van der Waals surface area contributed by atoms with Crippen molar-refractivity contribution < 1.29 is 27.4 Å². The molecule has 1 aliphatic rings. The summed E-state index contributed by atoms with van der Waals surface area (Å²) in [5, 5.41) is 5.09. The van der Waals surface area contributed by atoms with Crippen molar-refractivity contribution in [3.05, 3.63) is 90.3 Å². The number of amides is 1. The molecular weight excluding hydrogens is 615 g/mol. The SMILES string of the molecule is COCc1ccccc1N1C(=O)CSC1=NC(=S)NNC(C)c1ccc(-c2ncn(-c3ccc(OC(F)(F)F)cc3)n2)cc1. The molecule has 15 heteroatoms. The Hall–Kier alpha value is -4.31. The third-order valence-corrected chi connectivity index (χ3v) is 7.50. The van der Waals surface area contributed by atoms with Crippen LogP contribution in [0.15, 0.2) is 84.1 Å². The second-order valence-electron chi connectivity index (χ2n) is 9.45. The first-order valence-corrected chi connectivity index (χ1v) is 14.6. The summed E-state index contributed by atoms with van der Waals surface area (Å²) in [7, 11) is 1.60. The Balaban J connectivity index is 1.19. The van der Waals surface area contributed by atoms with Crippen molar-refractivity contribution in [2.45, 2.75) is 25.9 Å². The number of methoxy groups -OCH3 is 1. The Morgan fingerprint density at radius 2 is 1.84 bits per heavy atom. The molecular formula is C29H26F3N7O3S2. The quantitative estimate of drug-likeness (QED) is 0.180. The molecule has 1 saturated heterocycles. The van der Waals surface area contributed by atoms with Gasteiger partial charge in [0, 0.05) is 24.3 Å². The van der Waals surface area contributed by atoms with Gasteiger partial charge in [0.1, 0.15) is 12.1 Å². The second-order valence-corrected chi connectivity index (χ2v) is 10.8. The van der Waals surface area contributed by atoms with Gasteiger partial charge in [-0.1, -0.05) is 54.2 Å². The number of carbonyl (C=O) groups excluding carboxylic acids is 1. The first-order chi connectivity index (χ1) is 21.1. The Morgan fingerprint density at radius 1 is 1.11 bits per heavy atom. The number of ether oxygens (including phenoxy) is 2. The lowest BCUT2D eigenvalue weighted by Gasteiger charge is -2.20. The standard InChI is InChI=1S/C29H26F3N7O3S2/c1-18(35-36-27(43)34-28-39(25(40)16-44-28)24-6-4-3-5-21(24)15-41-2)19-7-9-20(10-8-19)26-33-17-38(37-26)22-11-13-23(14-12-22)42-29(30,31)32/h3-14,17-18,35H,15-16H2,1-2H3,(H,36,43). The van der Waals surface area contributed by atoms with Crippen LogP contribution in [0.3, 0.4) is 0 Å². The number of nitrogens with zero attached hydrogens (tertiary/aromatic N) is 5. The van der Waals surface area contributed by atoms with E-state index >= 15 is 0 Å². The molecule has 44 heavy (non-hydrogen) atoms. The fourth-order valence-corrected chi connectivity index (χ4v) is 5.37. The van der Waals surface area contributed by atoms with Gasteiger partial charge >= 0.3 is 6.36 Å². The van der Waals surface area contributed by atoms with Crippen molar-refractivity contribution in [2.24, 2.45) is 4.99 Å². The van der Waals surface area contributed by atoms with Gasteiger partial charge in [0.15, 0.2) is 11.0 Å². The number of halogens is 3. The second kappa shape index (κ2) is 13.5. The molecule has 5 rings (SSSR count). The van der Waals surface area contributed by atoms with Gasteiger partial charge in [-0.05, 0) is 55.0 Å². The number of aromatic nitrogens is 3. The zero-order chi connectivity index (χ0) is 31.3. The number of hydrogen-bond donors (Lipinski definition) is 2. The molecule has 0 radical (unpaired) electrons. The summed E-state index contributed by atoms with van der Waals surface area (Å²) in [6.07, 6.45) is -3.28. The summed E-state index contributed by atoms with van der Waals surface area (Å²) >= 11 is 6.74. The van der Waals surface area contributed by atoms with Crippen LogP contribution in [0.4, 0.5) is 18.9 Å². The number of anilines is 1. The highest BCUT2D eigenvalue weighted by Gasteiger charge is 2.32. The minimum atomic E-state index is -4.76. The van der Waals surface area contributed by atoms with Crippen molar-refractivity contribution in [3.63, 3.8) is 0 Å². The van der Waals surface area contributed by atoms with Crippen molar-refractivity contribution in [3.8, 4) is 22.8 Å². The predicted octanol–water partition coefficient (Wildman–Crippen LogP) is 5.56. The Bertz CT molecular complexity index is 1660. The highest BCUT2D eigenvalue weighted by Crippen LogP contribution is 2.30. The lowest BCUT2D eigenvalue weighted by Crippen LogP contribution is -2.38. The van der Waals surface area contributed by atoms with E-state index in [0.717, 1.165) is 16.7 Å². The highest BCUT2D eigenvalue weighted by atomic mass is 32.2. The van der Waals surface area contributed by atoms with Gasteiger partial charge in [-0.3, -0.25) is 15.1 Å². The van der Waals surface area contributed by atoms with Gasteiger partial charge in [0.05, 0.1) is 23.7 Å². The number of thiocarbonyl (C=S) groups is 1. The van der Waals surface area contributed by atoms with Crippen LogP contribution in [-0.4, -0.2) is 50.2 Å². The molecule has 3 aromatic carbocycles. The summed E-state index contributed by atoms with van der Waals surface area (Å²) < 4.78 is 47.9. The normalized spacial score (nSPS) is 15.1. The van der Waals surface area contributed by atoms with E-state index in [1.54, 1.807) is 12.0 Å². The number of aliphatic imine (C=N–C) groups is 1. The van der Waals surface area contributed by atoms with Crippen LogP contribution in [0.1, 0.15) is 24.1 Å². The molecule has 2 heterocycles. The van der Waals surface area contributed by atoms with E-state index in [0.29, 0.717) is 29.0 Å². The number of amidine groups is 1. The summed E-state index contributed by atoms with van der Waals surface area (Å²) in [5.41, 5.74) is 9.86. The maximum Gasteiger partial charge on any atom is 0.573 e. The third-order valence-electron chi connectivity index (χ3n) is 6.39. The van der Waals surface area contributed by atoms with E-state index in [9.17, 15) is 18.0 Å². The largest absolute Gasteiger partial charge is 0.573 e. The molecule has 0 spiro atoms. The maximum absolute atomic E-state index is 12.7. The van der Waals surface area contributed by atoms with Crippen molar-refractivity contribution in [1.82, 2.24) is 25.6 Å². The van der Waals surface area contributed by atoms with E-state index in [2.05, 4.69) is 30.7 Å². The molecule has 228 valence electrons. The summed E-state index contributed by atoms with van der Waals surface area (Å²) in [6.45, 7) is 2.30. The molecule has 0 aliphatic carbocycles. The first-order valence-electron chi connectivity index (χ1n) is 13.2. The Kier molecular flexibility index (Phi) is 9.58. The zero-order valence-electron chi connectivity index (χ0n) is 23.4. The summed E-state index contributed by atoms with van der Waals surface area (Å²) in [4.78, 5) is 23.0. The number of thioether (sulfide) groups is 1. The minimum Gasteiger partial charge on any atom is -0.406 e. The number of para-hydroxylation sites is 1. The van der Waals surface area contributed by atoms with Gasteiger partial charge in [0.2, 0.25) is 11.0 Å². The molecule has 1 fully saturated rings. The smallest absolute Gasteiger partial charge is 0.406 e. The first kappa shape index (κ1) is 31.1. The Morgan fingerprint density at radius 3 is 2.55 bits per heavy atom. The van der Waals surface area contributed by atoms with Crippen molar-refractivity contribution in [2.75, 3.05) is 17.8 Å². The molecule has 2 N–H and O–H groups in total. The average Bonchev–Trinajstić information content (AvgIpc) is 3.63. The molecule has 10 nitrogen and oxygen atoms in total. The number of alkyl halides is 3. The van der Waals surface area contributed by atoms with Crippen LogP contribution < -0.4 is 20.5 Å². The molecule has 1 unspecified atom stereocenters. The fraction of sp³-hybridized carbons (Fsp3) is 0.207. The van der Waals surface area contributed by atoms with Gasteiger partial charge in [-0.2, -0.15) is 4.99 Å². The van der Waals surface area contributed by atoms with Crippen LogP contribution >= 0.6 is 24.0 Å². The number of hydrazine groups is 1. The molecule has 1 aromatic heterocycles. The van der Waals surface area contributed by atoms with Crippen molar-refractivity contribution in [1.29, 1.82) is 0 Å². The zero-order valence-corrected chi connectivity index (χ0v) is 25.0. The van der Waals surface area contributed by atoms with Gasteiger partial charge in [-0.15, -0.1) is 18.3 Å². The van der Waals surface area contributed by atoms with E-state index in [1.807, 2.05) is 55.5 Å². The molecule has 1 aliphatic heterocycles. The van der Waals surface area contributed by atoms with Crippen LogP contribution in [0.2, 0.25) is 0 Å². The molecule has 0 saturated carbocycles. The Labute approximate surface area is 260 Å². The summed E-state index contributed by atoms with van der Waals surface area (Å²) in [5.74, 6) is 0.299. The van der Waals surface area contributed by atoms with Gasteiger partial charge in [-0.25, -0.2) is 15.1 Å². The van der Waals surface area contributed by atoms with Crippen LogP contribution in [0, 0.1) is 0 Å². The van der Waals surface area contributed by atoms with E-state index < -0.39 is 6.36 Å². The predicted molar refractivity (Wildman–Crippen MR) is 165 cm³/mol. The van der Waals surface area contributed by atoms with E-state index in [1.165, 1.54) is 47.0 Å². The molecule has 1 amide bonds. The third kappa shape index (κ3) is 7.60. The number of hydrogen-bond acceptors (Lipinski definition) is 8. The average molecular weight is 642 g/mol. The van der Waals surface area contributed by atoms with Gasteiger partial charge < -0.3 is 9.47 Å². The minimum absolute atomic E-state index is 0.0886. The summed E-state index contributed by atoms with van der Waals surface area (Å²) in [6, 6.07) is 20.2. The maximum atomic E-state index is 12.7. The van der Waals surface area contributed by atoms with Crippen LogP contribution in [-0.2, 0) is 16.1 Å². The van der Waals surface area contributed by atoms with Crippen molar-refractivity contribution >= 4 is 45.9 Å². The molecule has 1 atom stereocenters. The fourth-order valence-electron chi connectivity index (χ4n) is 4.30. The topological polar surface area (TPSA) is 106 Å². The highest BCUT2D eigenvalue weighted by molar-refractivity contribution is 8.15. The van der Waals surface area contributed by atoms with Gasteiger partial charge in [0.25, 0.3) is 0 Å². The number of benzene rings is 3. The van der Waals surface area contributed by atoms with Crippen LogP contribution in [0.5, 0.6) is 5.75 Å². The lowest BCUT2D eigenvalue weighted by molar-refractivity contribution is -0.274. The lowest BCUT2D eigenvalue weighted by atomic mass is 10.1.